The van der Waals surface area contributed by atoms with E-state index in [1.54, 1.807) is 6.92 Å². The molecule has 0 aliphatic carbocycles. The van der Waals surface area contributed by atoms with Crippen LogP contribution < -0.4 is 10.6 Å². The quantitative estimate of drug-likeness (QED) is 0.424. The first kappa shape index (κ1) is 17.0. The Morgan fingerprint density at radius 2 is 2.24 bits per heavy atom. The van der Waals surface area contributed by atoms with Gasteiger partial charge in [0.15, 0.2) is 0 Å². The number of methoxy groups -OCH3 is 1. The zero-order valence-corrected chi connectivity index (χ0v) is 11.9. The molecule has 1 atom stereocenters. The second-order valence-electron chi connectivity index (χ2n) is 4.39. The molecule has 0 aliphatic rings. The summed E-state index contributed by atoms with van der Waals surface area (Å²) < 4.78 is 18.6. The zero-order chi connectivity index (χ0) is 15.8. The molecule has 116 valence electrons. The van der Waals surface area contributed by atoms with E-state index in [9.17, 15) is 19.3 Å². The van der Waals surface area contributed by atoms with E-state index in [-0.39, 0.29) is 18.0 Å². The molecule has 0 bridgehead atoms. The van der Waals surface area contributed by atoms with Crippen LogP contribution in [0.3, 0.4) is 0 Å². The lowest BCUT2D eigenvalue weighted by atomic mass is 10.1. The van der Waals surface area contributed by atoms with Crippen LogP contribution in [0.5, 0.6) is 0 Å². The Balaban J connectivity index is 2.57. The van der Waals surface area contributed by atoms with Crippen LogP contribution in [0.4, 0.5) is 10.1 Å². The number of nitro benzene ring substituents is 1. The monoisotopic (exact) mass is 299 g/mol. The zero-order valence-electron chi connectivity index (χ0n) is 11.9. The van der Waals surface area contributed by atoms with Gasteiger partial charge in [-0.15, -0.1) is 0 Å². The van der Waals surface area contributed by atoms with Gasteiger partial charge in [0.2, 0.25) is 11.7 Å². The number of benzene rings is 1. The van der Waals surface area contributed by atoms with E-state index in [0.29, 0.717) is 13.2 Å². The summed E-state index contributed by atoms with van der Waals surface area (Å²) in [5.74, 6) is -1.14. The molecule has 0 fully saturated rings. The number of hydrogen-bond acceptors (Lipinski definition) is 5. The average Bonchev–Trinajstić information content (AvgIpc) is 2.45. The van der Waals surface area contributed by atoms with Crippen LogP contribution in [-0.2, 0) is 16.1 Å². The molecule has 1 amide bonds. The molecule has 0 heterocycles. The molecule has 0 saturated heterocycles. The largest absolute Gasteiger partial charge is 0.383 e. The lowest BCUT2D eigenvalue weighted by molar-refractivity contribution is -0.387. The predicted octanol–water partition coefficient (Wildman–Crippen LogP) is 0.975. The van der Waals surface area contributed by atoms with Gasteiger partial charge >= 0.3 is 5.69 Å². The average molecular weight is 299 g/mol. The smallest absolute Gasteiger partial charge is 0.305 e. The highest BCUT2D eigenvalue weighted by Crippen LogP contribution is 2.19. The Bertz CT molecular complexity index is 510. The van der Waals surface area contributed by atoms with Gasteiger partial charge in [-0.2, -0.15) is 4.39 Å². The first-order valence-corrected chi connectivity index (χ1v) is 6.39. The number of halogens is 1. The van der Waals surface area contributed by atoms with Crippen molar-refractivity contribution in [3.8, 4) is 0 Å². The molecule has 1 aromatic carbocycles. The number of carbonyl (C=O) groups excluding carboxylic acids is 1. The lowest BCUT2D eigenvalue weighted by Crippen LogP contribution is -2.42. The van der Waals surface area contributed by atoms with Gasteiger partial charge in [-0.3, -0.25) is 14.9 Å². The summed E-state index contributed by atoms with van der Waals surface area (Å²) in [4.78, 5) is 21.5. The number of nitro groups is 1. The van der Waals surface area contributed by atoms with Crippen LogP contribution in [0, 0.1) is 15.9 Å². The third kappa shape index (κ3) is 5.09. The number of rotatable bonds is 8. The van der Waals surface area contributed by atoms with Crippen molar-refractivity contribution in [2.45, 2.75) is 19.5 Å². The summed E-state index contributed by atoms with van der Waals surface area (Å²) in [6.45, 7) is 2.42. The summed E-state index contributed by atoms with van der Waals surface area (Å²) in [6, 6.07) is 3.38. The fraction of sp³-hybridized carbons (Fsp3) is 0.462. The molecule has 0 saturated carbocycles. The van der Waals surface area contributed by atoms with E-state index >= 15 is 0 Å². The Morgan fingerprint density at radius 1 is 1.52 bits per heavy atom. The van der Waals surface area contributed by atoms with E-state index in [2.05, 4.69) is 10.6 Å². The third-order valence-corrected chi connectivity index (χ3v) is 2.85. The molecule has 7 nitrogen and oxygen atoms in total. The van der Waals surface area contributed by atoms with Crippen LogP contribution in [-0.4, -0.2) is 37.1 Å². The van der Waals surface area contributed by atoms with E-state index in [1.165, 1.54) is 19.2 Å². The SMILES string of the molecule is COCCNC(=O)C(C)NCc1cccc([N+](=O)[O-])c1F. The minimum atomic E-state index is -0.887. The van der Waals surface area contributed by atoms with Crippen molar-refractivity contribution in [2.75, 3.05) is 20.3 Å². The van der Waals surface area contributed by atoms with Crippen LogP contribution in [0.15, 0.2) is 18.2 Å². The standard InChI is InChI=1S/C13H18FN3O4/c1-9(13(18)15-6-7-21-2)16-8-10-4-3-5-11(12(10)14)17(19)20/h3-5,9,16H,6-8H2,1-2H3,(H,15,18). The van der Waals surface area contributed by atoms with Crippen LogP contribution in [0.1, 0.15) is 12.5 Å². The molecule has 1 rings (SSSR count). The second kappa shape index (κ2) is 8.28. The second-order valence-corrected chi connectivity index (χ2v) is 4.39. The number of ether oxygens (including phenoxy) is 1. The molecule has 1 unspecified atom stereocenters. The van der Waals surface area contributed by atoms with E-state index < -0.39 is 22.5 Å². The van der Waals surface area contributed by atoms with E-state index in [1.807, 2.05) is 0 Å². The maximum absolute atomic E-state index is 13.8. The number of amides is 1. The molecular formula is C13H18FN3O4. The highest BCUT2D eigenvalue weighted by atomic mass is 19.1. The number of carbonyl (C=O) groups is 1. The molecule has 21 heavy (non-hydrogen) atoms. The van der Waals surface area contributed by atoms with Crippen molar-refractivity contribution < 1.29 is 18.8 Å². The Kier molecular flexibility index (Phi) is 6.70. The molecule has 0 aromatic heterocycles. The minimum Gasteiger partial charge on any atom is -0.383 e. The fourth-order valence-corrected chi connectivity index (χ4v) is 1.63. The Hall–Kier alpha value is -2.06. The molecule has 0 spiro atoms. The van der Waals surface area contributed by atoms with Crippen molar-refractivity contribution in [2.24, 2.45) is 0 Å². The summed E-state index contributed by atoms with van der Waals surface area (Å²) >= 11 is 0. The van der Waals surface area contributed by atoms with Gasteiger partial charge in [0, 0.05) is 31.8 Å². The summed E-state index contributed by atoms with van der Waals surface area (Å²) in [5.41, 5.74) is -0.438. The van der Waals surface area contributed by atoms with Crippen LogP contribution in [0.25, 0.3) is 0 Å². The molecule has 0 radical (unpaired) electrons. The maximum atomic E-state index is 13.8. The van der Waals surface area contributed by atoms with Gasteiger partial charge in [0.25, 0.3) is 0 Å². The summed E-state index contributed by atoms with van der Waals surface area (Å²) in [5, 5.41) is 16.1. The molecule has 0 aliphatic heterocycles. The molecule has 1 aromatic rings. The van der Waals surface area contributed by atoms with Gasteiger partial charge in [-0.1, -0.05) is 12.1 Å². The number of nitrogens with zero attached hydrogens (tertiary/aromatic N) is 1. The van der Waals surface area contributed by atoms with Crippen molar-refractivity contribution in [1.29, 1.82) is 0 Å². The van der Waals surface area contributed by atoms with Crippen LogP contribution in [0.2, 0.25) is 0 Å². The normalized spacial score (nSPS) is 12.0. The van der Waals surface area contributed by atoms with Gasteiger partial charge in [-0.05, 0) is 6.92 Å². The van der Waals surface area contributed by atoms with Crippen molar-refractivity contribution >= 4 is 11.6 Å². The summed E-state index contributed by atoms with van der Waals surface area (Å²) in [7, 11) is 1.53. The first-order chi connectivity index (χ1) is 9.97. The molecular weight excluding hydrogens is 281 g/mol. The van der Waals surface area contributed by atoms with Gasteiger partial charge in [0.05, 0.1) is 17.6 Å². The fourth-order valence-electron chi connectivity index (χ4n) is 1.63. The maximum Gasteiger partial charge on any atom is 0.305 e. The molecule has 2 N–H and O–H groups in total. The first-order valence-electron chi connectivity index (χ1n) is 6.39. The van der Waals surface area contributed by atoms with E-state index in [4.69, 9.17) is 4.74 Å². The topological polar surface area (TPSA) is 93.5 Å². The van der Waals surface area contributed by atoms with Gasteiger partial charge < -0.3 is 15.4 Å². The van der Waals surface area contributed by atoms with Crippen molar-refractivity contribution in [3.63, 3.8) is 0 Å². The lowest BCUT2D eigenvalue weighted by Gasteiger charge is -2.14. The van der Waals surface area contributed by atoms with Crippen molar-refractivity contribution in [3.05, 3.63) is 39.7 Å². The van der Waals surface area contributed by atoms with Gasteiger partial charge in [-0.25, -0.2) is 0 Å². The third-order valence-electron chi connectivity index (χ3n) is 2.85. The molecule has 8 heteroatoms. The summed E-state index contributed by atoms with van der Waals surface area (Å²) in [6.07, 6.45) is 0. The Morgan fingerprint density at radius 3 is 2.86 bits per heavy atom. The Labute approximate surface area is 121 Å². The highest BCUT2D eigenvalue weighted by molar-refractivity contribution is 5.81. The van der Waals surface area contributed by atoms with Gasteiger partial charge in [0.1, 0.15) is 0 Å². The minimum absolute atomic E-state index is 0.0202. The number of nitrogens with one attached hydrogen (secondary N) is 2. The highest BCUT2D eigenvalue weighted by Gasteiger charge is 2.18. The van der Waals surface area contributed by atoms with Crippen LogP contribution >= 0.6 is 0 Å². The number of hydrogen-bond donors (Lipinski definition) is 2. The predicted molar refractivity (Wildman–Crippen MR) is 74.2 cm³/mol. The van der Waals surface area contributed by atoms with Crippen molar-refractivity contribution in [1.82, 2.24) is 10.6 Å². The van der Waals surface area contributed by atoms with E-state index in [0.717, 1.165) is 6.07 Å².